The van der Waals surface area contributed by atoms with Crippen LogP contribution in [0.4, 0.5) is 14.5 Å². The summed E-state index contributed by atoms with van der Waals surface area (Å²) in [6.07, 6.45) is 7.70. The Hall–Kier alpha value is -0.930. The second-order valence-corrected chi connectivity index (χ2v) is 7.60. The van der Waals surface area contributed by atoms with E-state index < -0.39 is 5.66 Å². The van der Waals surface area contributed by atoms with Crippen LogP contribution >= 0.6 is 32.1 Å². The Morgan fingerprint density at radius 3 is 2.83 bits per heavy atom. The van der Waals surface area contributed by atoms with E-state index >= 15 is 0 Å². The maximum atomic E-state index is 13.7. The lowest BCUT2D eigenvalue weighted by Crippen LogP contribution is -2.46. The smallest absolute Gasteiger partial charge is 0.283 e. The first-order chi connectivity index (χ1) is 11.3. The van der Waals surface area contributed by atoms with Gasteiger partial charge in [-0.25, -0.2) is 0 Å². The number of rotatable bonds is 4. The zero-order chi connectivity index (χ0) is 17.9. The van der Waals surface area contributed by atoms with E-state index in [2.05, 4.69) is 28.8 Å². The molecule has 0 aliphatic carbocycles. The van der Waals surface area contributed by atoms with Crippen LogP contribution in [0.5, 0.6) is 0 Å². The van der Waals surface area contributed by atoms with Crippen molar-refractivity contribution in [3.63, 3.8) is 0 Å². The zero-order valence-electron chi connectivity index (χ0n) is 13.4. The third-order valence-electron chi connectivity index (χ3n) is 4.09. The van der Waals surface area contributed by atoms with Crippen LogP contribution < -0.4 is 3.11 Å². The van der Waals surface area contributed by atoms with Gasteiger partial charge in [0.2, 0.25) is 5.91 Å². The quantitative estimate of drug-likeness (QED) is 0.290. The Labute approximate surface area is 157 Å². The van der Waals surface area contributed by atoms with E-state index in [1.165, 1.54) is 12.1 Å². The minimum atomic E-state index is -3.03. The molecule has 1 aromatic rings. The fourth-order valence-corrected chi connectivity index (χ4v) is 3.71. The van der Waals surface area contributed by atoms with Crippen molar-refractivity contribution in [2.75, 3.05) is 16.2 Å². The van der Waals surface area contributed by atoms with Crippen molar-refractivity contribution in [1.29, 1.82) is 0 Å². The van der Waals surface area contributed by atoms with Gasteiger partial charge in [-0.15, -0.1) is 6.42 Å². The van der Waals surface area contributed by atoms with E-state index in [1.54, 1.807) is 15.3 Å². The van der Waals surface area contributed by atoms with E-state index in [0.29, 0.717) is 24.2 Å². The molecule has 1 amide bonds. The van der Waals surface area contributed by atoms with E-state index in [0.717, 1.165) is 19.4 Å². The van der Waals surface area contributed by atoms with Crippen LogP contribution in [0.3, 0.4) is 0 Å². The summed E-state index contributed by atoms with van der Waals surface area (Å²) in [6.45, 7) is 3.20. The molecule has 1 aromatic carbocycles. The number of anilines is 1. The van der Waals surface area contributed by atoms with Gasteiger partial charge in [0.1, 0.15) is 0 Å². The first-order valence-electron chi connectivity index (χ1n) is 7.78. The first-order valence-corrected chi connectivity index (χ1v) is 9.32. The van der Waals surface area contributed by atoms with Gasteiger partial charge < -0.3 is 8.01 Å². The average Bonchev–Trinajstić information content (AvgIpc) is 2.59. The van der Waals surface area contributed by atoms with Gasteiger partial charge in [0.05, 0.1) is 28.9 Å². The second kappa shape index (κ2) is 7.97. The van der Waals surface area contributed by atoms with Crippen LogP contribution in [0, 0.1) is 12.3 Å². The van der Waals surface area contributed by atoms with E-state index in [1.807, 2.05) is 14.9 Å². The van der Waals surface area contributed by atoms with Crippen LogP contribution in [0.25, 0.3) is 0 Å². The highest BCUT2D eigenvalue weighted by Gasteiger charge is 2.29. The Kier molecular flexibility index (Phi) is 6.44. The third-order valence-corrected chi connectivity index (χ3v) is 5.77. The van der Waals surface area contributed by atoms with Crippen molar-refractivity contribution in [3.05, 3.63) is 29.3 Å². The first kappa shape index (κ1) is 19.4. The van der Waals surface area contributed by atoms with Crippen molar-refractivity contribution < 1.29 is 13.6 Å². The van der Waals surface area contributed by atoms with Crippen molar-refractivity contribution in [2.24, 2.45) is 0 Å². The van der Waals surface area contributed by atoms with Crippen LogP contribution in [-0.4, -0.2) is 29.9 Å². The van der Waals surface area contributed by atoms with E-state index in [-0.39, 0.29) is 17.5 Å². The molecule has 1 aliphatic heterocycles. The van der Waals surface area contributed by atoms with Crippen molar-refractivity contribution in [1.82, 2.24) is 4.90 Å². The maximum absolute atomic E-state index is 13.7. The summed E-state index contributed by atoms with van der Waals surface area (Å²) in [7, 11) is 1.54. The minimum absolute atomic E-state index is 0.0776. The molecule has 0 bridgehead atoms. The lowest BCUT2D eigenvalue weighted by atomic mass is 10.0. The Morgan fingerprint density at radius 1 is 1.54 bits per heavy atom. The van der Waals surface area contributed by atoms with Gasteiger partial charge in [-0.05, 0) is 31.0 Å². The normalized spacial score (nSPS) is 18.2. The fraction of sp³-hybridized carbons (Fsp3) is 0.471. The summed E-state index contributed by atoms with van der Waals surface area (Å²) in [5.74, 6) is 2.56. The number of halogens is 3. The molecule has 0 radical (unpaired) electrons. The molecule has 2 atom stereocenters. The highest BCUT2D eigenvalue weighted by atomic mass is 127. The molecule has 3 nitrogen and oxygen atoms in total. The number of likely N-dealkylation sites (tertiary alicyclic amines) is 1. The average molecular weight is 464 g/mol. The molecule has 1 saturated heterocycles. The Morgan fingerprint density at radius 2 is 2.25 bits per heavy atom. The lowest BCUT2D eigenvalue weighted by Gasteiger charge is -2.37. The molecule has 1 fully saturated rings. The number of carbonyl (C=O) groups excluding carboxylic acids is 1. The number of piperidine rings is 1. The van der Waals surface area contributed by atoms with Crippen LogP contribution in [0.1, 0.15) is 37.3 Å². The molecule has 1 heterocycles. The molecule has 24 heavy (non-hydrogen) atoms. The number of amides is 1. The number of hydrogen-bond donors (Lipinski definition) is 0. The highest BCUT2D eigenvalue weighted by Crippen LogP contribution is 2.38. The largest absolute Gasteiger partial charge is 0.341 e. The summed E-state index contributed by atoms with van der Waals surface area (Å²) < 4.78 is 29.3. The van der Waals surface area contributed by atoms with E-state index in [9.17, 15) is 13.6 Å². The molecule has 0 spiro atoms. The Balaban J connectivity index is 2.27. The van der Waals surface area contributed by atoms with Crippen molar-refractivity contribution in [3.8, 4) is 12.3 Å². The van der Waals surface area contributed by atoms with Crippen molar-refractivity contribution in [2.45, 2.75) is 37.9 Å². The summed E-state index contributed by atoms with van der Waals surface area (Å²) in [6, 6.07) is 4.59. The van der Waals surface area contributed by atoms with Crippen LogP contribution in [0.2, 0.25) is 0 Å². The molecular formula is C17H20F2IN2OP. The fourth-order valence-electron chi connectivity index (χ4n) is 2.81. The summed E-state index contributed by atoms with van der Waals surface area (Å²) >= 11 is 2.13. The maximum Gasteiger partial charge on any atom is 0.283 e. The number of carbonyl (C=O) groups is 1. The Bertz CT molecular complexity index is 657. The molecule has 7 heteroatoms. The lowest BCUT2D eigenvalue weighted by molar-refractivity contribution is -0.131. The van der Waals surface area contributed by atoms with Crippen LogP contribution in [0.15, 0.2) is 18.2 Å². The predicted octanol–water partition coefficient (Wildman–Crippen LogP) is 4.15. The molecule has 0 aromatic heterocycles. The van der Waals surface area contributed by atoms with Gasteiger partial charge in [-0.1, -0.05) is 22.1 Å². The number of hydrogen-bond acceptors (Lipinski definition) is 2. The molecule has 1 aliphatic rings. The molecule has 2 rings (SSSR count). The molecule has 0 saturated carbocycles. The van der Waals surface area contributed by atoms with Gasteiger partial charge >= 0.3 is 0 Å². The molecule has 130 valence electrons. The minimum Gasteiger partial charge on any atom is -0.341 e. The monoisotopic (exact) mass is 464 g/mol. The number of nitrogens with zero attached hydrogens (tertiary/aromatic N) is 2. The third kappa shape index (κ3) is 4.58. The van der Waals surface area contributed by atoms with Gasteiger partial charge in [0, 0.05) is 36.3 Å². The summed E-state index contributed by atoms with van der Waals surface area (Å²) in [5.41, 5.74) is -2.10. The van der Waals surface area contributed by atoms with E-state index in [4.69, 9.17) is 6.42 Å². The van der Waals surface area contributed by atoms with Gasteiger partial charge in [-0.3, -0.25) is 4.79 Å². The predicted molar refractivity (Wildman–Crippen MR) is 104 cm³/mol. The van der Waals surface area contributed by atoms with Crippen LogP contribution in [-0.2, 0) is 10.5 Å². The molecule has 0 N–H and O–H groups in total. The van der Waals surface area contributed by atoms with Crippen molar-refractivity contribution >= 4 is 43.7 Å². The second-order valence-electron chi connectivity index (χ2n) is 5.84. The van der Waals surface area contributed by atoms with Gasteiger partial charge in [0.25, 0.3) is 5.66 Å². The number of benzene rings is 1. The highest BCUT2D eigenvalue weighted by molar-refractivity contribution is 14.1. The number of alkyl halides is 2. The number of terminal acetylenes is 1. The van der Waals surface area contributed by atoms with Gasteiger partial charge in [-0.2, -0.15) is 8.78 Å². The standard InChI is InChI=1S/C17H20F2IN2OP/c1-3-12-8-13(17(18,19)24)10-15(9-12)22(20)14-6-5-7-21(11-14)16(23)4-2/h1,8-10,14H,4-7,11,24H2,2H3/t14-/m1/s1. The SMILES string of the molecule is C#Cc1cc(N(I)[C@@H]2CCCN(C(=O)CC)C2)cc(C(F)(F)P)c1. The topological polar surface area (TPSA) is 23.6 Å². The summed E-state index contributed by atoms with van der Waals surface area (Å²) in [4.78, 5) is 13.8. The molecule has 1 unspecified atom stereocenters. The molecular weight excluding hydrogens is 444 g/mol. The van der Waals surface area contributed by atoms with Gasteiger partial charge in [0.15, 0.2) is 0 Å². The zero-order valence-corrected chi connectivity index (χ0v) is 16.7. The summed E-state index contributed by atoms with van der Waals surface area (Å²) in [5, 5.41) is 0.